The number of para-hydroxylation sites is 1. The van der Waals surface area contributed by atoms with Crippen molar-refractivity contribution in [2.45, 2.75) is 13.3 Å². The van der Waals surface area contributed by atoms with Crippen LogP contribution < -0.4 is 10.1 Å². The molecule has 1 heterocycles. The van der Waals surface area contributed by atoms with Crippen LogP contribution in [0.1, 0.15) is 19.2 Å². The molecule has 0 saturated carbocycles. The van der Waals surface area contributed by atoms with E-state index < -0.39 is 0 Å². The second-order valence-corrected chi connectivity index (χ2v) is 4.42. The number of tetrazole rings is 1. The maximum absolute atomic E-state index is 9.10. The number of hydrogen-bond acceptors (Lipinski definition) is 6. The van der Waals surface area contributed by atoms with Crippen LogP contribution in [0.5, 0.6) is 5.75 Å². The fourth-order valence-electron chi connectivity index (χ4n) is 1.55. The normalized spacial score (nSPS) is 11.0. The molecule has 108 valence electrons. The lowest BCUT2D eigenvalue weighted by molar-refractivity contribution is 0.319. The number of nitrogens with zero attached hydrogens (tertiary/aromatic N) is 4. The van der Waals surface area contributed by atoms with Crippen molar-refractivity contribution in [3.05, 3.63) is 35.2 Å². The second-order valence-electron chi connectivity index (χ2n) is 4.01. The summed E-state index contributed by atoms with van der Waals surface area (Å²) in [6.07, 6.45) is 2.35. The first kappa shape index (κ1) is 14.8. The lowest BCUT2D eigenvalue weighted by Gasteiger charge is -2.12. The molecule has 2 rings (SSSR count). The molecule has 0 unspecified atom stereocenters. The van der Waals surface area contributed by atoms with Gasteiger partial charge in [0.15, 0.2) is 5.75 Å². The molecular weight excluding hydrogens is 292 g/mol. The Bertz CT molecular complexity index is 662. The number of aromatic amines is 1. The van der Waals surface area contributed by atoms with Gasteiger partial charge in [0, 0.05) is 6.20 Å². The summed E-state index contributed by atoms with van der Waals surface area (Å²) in [7, 11) is 0. The van der Waals surface area contributed by atoms with Gasteiger partial charge in [0.1, 0.15) is 11.6 Å². The molecule has 0 spiro atoms. The third-order valence-electron chi connectivity index (χ3n) is 2.50. The quantitative estimate of drug-likeness (QED) is 0.796. The molecular formula is C13H13ClN6O. The summed E-state index contributed by atoms with van der Waals surface area (Å²) in [5.74, 6) is 0.755. The van der Waals surface area contributed by atoms with Crippen LogP contribution in [0.25, 0.3) is 5.57 Å². The van der Waals surface area contributed by atoms with Crippen molar-refractivity contribution in [1.82, 2.24) is 20.6 Å². The summed E-state index contributed by atoms with van der Waals surface area (Å²) in [5.41, 5.74) is 0.900. The zero-order valence-corrected chi connectivity index (χ0v) is 12.1. The number of ether oxygens (including phenoxy) is 1. The molecule has 0 atom stereocenters. The first-order valence-electron chi connectivity index (χ1n) is 6.28. The molecule has 0 aliphatic carbocycles. The number of nitriles is 1. The highest BCUT2D eigenvalue weighted by Crippen LogP contribution is 2.33. The van der Waals surface area contributed by atoms with Crippen molar-refractivity contribution in [1.29, 1.82) is 5.26 Å². The molecule has 1 aromatic carbocycles. The molecule has 21 heavy (non-hydrogen) atoms. The smallest absolute Gasteiger partial charge is 0.216 e. The van der Waals surface area contributed by atoms with Gasteiger partial charge in [-0.15, -0.1) is 10.2 Å². The molecule has 0 aliphatic rings. The van der Waals surface area contributed by atoms with Crippen LogP contribution >= 0.6 is 11.6 Å². The number of halogens is 1. The monoisotopic (exact) mass is 304 g/mol. The molecule has 0 radical (unpaired) electrons. The molecule has 0 amide bonds. The maximum atomic E-state index is 9.10. The summed E-state index contributed by atoms with van der Waals surface area (Å²) in [4.78, 5) is 0. The summed E-state index contributed by atoms with van der Waals surface area (Å²) in [5, 5.41) is 25.8. The molecule has 0 aliphatic heterocycles. The average molecular weight is 305 g/mol. The molecule has 2 aromatic rings. The molecule has 7 nitrogen and oxygen atoms in total. The van der Waals surface area contributed by atoms with Crippen LogP contribution in [0, 0.1) is 11.3 Å². The van der Waals surface area contributed by atoms with Gasteiger partial charge in [0.25, 0.3) is 0 Å². The number of aromatic nitrogens is 4. The predicted molar refractivity (Wildman–Crippen MR) is 78.6 cm³/mol. The Kier molecular flexibility index (Phi) is 5.12. The standard InChI is InChI=1S/C13H13ClN6O/c1-2-6-21-12-10(14)4-3-5-11(12)16-8-9(7-15)13-17-19-20-18-13/h3-5,8,16H,2,6H2,1H3,(H,17,18,19,20). The first-order valence-corrected chi connectivity index (χ1v) is 6.66. The second kappa shape index (κ2) is 7.26. The molecule has 0 bridgehead atoms. The van der Waals surface area contributed by atoms with E-state index in [0.29, 0.717) is 23.1 Å². The van der Waals surface area contributed by atoms with Gasteiger partial charge in [-0.05, 0) is 23.8 Å². The zero-order chi connectivity index (χ0) is 15.1. The highest BCUT2D eigenvalue weighted by molar-refractivity contribution is 6.32. The number of H-pyrrole nitrogens is 1. The highest BCUT2D eigenvalue weighted by atomic mass is 35.5. The molecule has 2 N–H and O–H groups in total. The fourth-order valence-corrected chi connectivity index (χ4v) is 1.78. The Hall–Kier alpha value is -2.59. The van der Waals surface area contributed by atoms with Gasteiger partial charge in [-0.2, -0.15) is 10.5 Å². The summed E-state index contributed by atoms with van der Waals surface area (Å²) >= 11 is 6.12. The minimum atomic E-state index is 0.211. The predicted octanol–water partition coefficient (Wildman–Crippen LogP) is 2.62. The third kappa shape index (κ3) is 3.70. The fraction of sp³-hybridized carbons (Fsp3) is 0.231. The van der Waals surface area contributed by atoms with Crippen molar-refractivity contribution in [3.8, 4) is 11.8 Å². The first-order chi connectivity index (χ1) is 10.3. The molecule has 0 fully saturated rings. The van der Waals surface area contributed by atoms with Gasteiger partial charge in [-0.1, -0.05) is 24.6 Å². The number of allylic oxidation sites excluding steroid dienone is 1. The van der Waals surface area contributed by atoms with Crippen molar-refractivity contribution in [2.75, 3.05) is 11.9 Å². The Morgan fingerprint density at radius 3 is 3.10 bits per heavy atom. The summed E-state index contributed by atoms with van der Waals surface area (Å²) in [6, 6.07) is 7.33. The largest absolute Gasteiger partial charge is 0.490 e. The number of rotatable bonds is 6. The van der Waals surface area contributed by atoms with E-state index in [1.807, 2.05) is 13.0 Å². The van der Waals surface area contributed by atoms with Gasteiger partial charge in [0.05, 0.1) is 17.3 Å². The Morgan fingerprint density at radius 2 is 2.43 bits per heavy atom. The van der Waals surface area contributed by atoms with Crippen LogP contribution in [-0.2, 0) is 0 Å². The third-order valence-corrected chi connectivity index (χ3v) is 2.79. The van der Waals surface area contributed by atoms with Gasteiger partial charge in [-0.3, -0.25) is 0 Å². The van der Waals surface area contributed by atoms with Crippen LogP contribution in [-0.4, -0.2) is 27.2 Å². The minimum absolute atomic E-state index is 0.211. The van der Waals surface area contributed by atoms with Crippen LogP contribution in [0.15, 0.2) is 24.4 Å². The van der Waals surface area contributed by atoms with E-state index in [2.05, 4.69) is 25.9 Å². The Labute approximate surface area is 126 Å². The lowest BCUT2D eigenvalue weighted by atomic mass is 10.2. The van der Waals surface area contributed by atoms with Crippen LogP contribution in [0.2, 0.25) is 5.02 Å². The van der Waals surface area contributed by atoms with E-state index in [1.54, 1.807) is 18.2 Å². The Balaban J connectivity index is 2.23. The minimum Gasteiger partial charge on any atom is -0.490 e. The van der Waals surface area contributed by atoms with Crippen molar-refractivity contribution in [2.24, 2.45) is 0 Å². The SMILES string of the molecule is CCCOc1c(Cl)cccc1NC=C(C#N)c1nn[nH]n1. The lowest BCUT2D eigenvalue weighted by Crippen LogP contribution is -2.00. The average Bonchev–Trinajstić information content (AvgIpc) is 3.01. The van der Waals surface area contributed by atoms with Gasteiger partial charge >= 0.3 is 0 Å². The van der Waals surface area contributed by atoms with Crippen molar-refractivity contribution < 1.29 is 4.74 Å². The molecule has 0 saturated heterocycles. The maximum Gasteiger partial charge on any atom is 0.216 e. The van der Waals surface area contributed by atoms with E-state index in [9.17, 15) is 0 Å². The topological polar surface area (TPSA) is 99.5 Å². The van der Waals surface area contributed by atoms with E-state index in [4.69, 9.17) is 21.6 Å². The van der Waals surface area contributed by atoms with E-state index >= 15 is 0 Å². The van der Waals surface area contributed by atoms with E-state index in [-0.39, 0.29) is 11.4 Å². The highest BCUT2D eigenvalue weighted by Gasteiger charge is 2.09. The number of hydrogen-bond donors (Lipinski definition) is 2. The van der Waals surface area contributed by atoms with Gasteiger partial charge in [-0.25, -0.2) is 0 Å². The summed E-state index contributed by atoms with van der Waals surface area (Å²) in [6.45, 7) is 2.56. The Morgan fingerprint density at radius 1 is 1.57 bits per heavy atom. The molecule has 1 aromatic heterocycles. The number of anilines is 1. The van der Waals surface area contributed by atoms with Gasteiger partial charge in [0.2, 0.25) is 5.82 Å². The number of benzene rings is 1. The zero-order valence-electron chi connectivity index (χ0n) is 11.3. The van der Waals surface area contributed by atoms with Crippen molar-refractivity contribution in [3.63, 3.8) is 0 Å². The van der Waals surface area contributed by atoms with Crippen molar-refractivity contribution >= 4 is 22.9 Å². The van der Waals surface area contributed by atoms with Crippen LogP contribution in [0.3, 0.4) is 0 Å². The van der Waals surface area contributed by atoms with E-state index in [1.165, 1.54) is 6.20 Å². The van der Waals surface area contributed by atoms with Gasteiger partial charge < -0.3 is 10.1 Å². The molecule has 8 heteroatoms. The van der Waals surface area contributed by atoms with E-state index in [0.717, 1.165) is 6.42 Å². The van der Waals surface area contributed by atoms with Crippen LogP contribution in [0.4, 0.5) is 5.69 Å². The number of nitrogens with one attached hydrogen (secondary N) is 2. The summed E-state index contributed by atoms with van der Waals surface area (Å²) < 4.78 is 5.62.